The van der Waals surface area contributed by atoms with Gasteiger partial charge in [-0.05, 0) is 31.5 Å². The van der Waals surface area contributed by atoms with Gasteiger partial charge in [-0.15, -0.1) is 0 Å². The first kappa shape index (κ1) is 13.3. The van der Waals surface area contributed by atoms with Crippen molar-refractivity contribution in [1.29, 1.82) is 0 Å². The molecule has 1 aromatic rings. The van der Waals surface area contributed by atoms with Gasteiger partial charge in [0, 0.05) is 19.1 Å². The summed E-state index contributed by atoms with van der Waals surface area (Å²) in [5.74, 6) is -0.407. The van der Waals surface area contributed by atoms with Crippen molar-refractivity contribution in [2.75, 3.05) is 26.2 Å². The fraction of sp³-hybridized carbons (Fsp3) is 0.467. The zero-order valence-electron chi connectivity index (χ0n) is 11.3. The Balaban J connectivity index is 1.68. The predicted octanol–water partition coefficient (Wildman–Crippen LogP) is 0.739. The van der Waals surface area contributed by atoms with Gasteiger partial charge < -0.3 is 5.11 Å². The molecule has 5 nitrogen and oxygen atoms in total. The van der Waals surface area contributed by atoms with E-state index in [1.54, 1.807) is 24.3 Å². The summed E-state index contributed by atoms with van der Waals surface area (Å²) in [5, 5.41) is 9.29. The molecule has 1 fully saturated rings. The third kappa shape index (κ3) is 2.13. The number of nitrogens with zero attached hydrogens (tertiary/aromatic N) is 2. The van der Waals surface area contributed by atoms with E-state index in [0.717, 1.165) is 19.4 Å². The second-order valence-corrected chi connectivity index (χ2v) is 5.32. The van der Waals surface area contributed by atoms with Crippen LogP contribution < -0.4 is 0 Å². The summed E-state index contributed by atoms with van der Waals surface area (Å²) in [5.41, 5.74) is 0.996. The normalized spacial score (nSPS) is 22.6. The molecule has 2 aliphatic rings. The van der Waals surface area contributed by atoms with Crippen molar-refractivity contribution >= 4 is 11.8 Å². The van der Waals surface area contributed by atoms with Crippen LogP contribution >= 0.6 is 0 Å². The Kier molecular flexibility index (Phi) is 3.54. The maximum atomic E-state index is 12.2. The molecule has 2 aliphatic heterocycles. The highest BCUT2D eigenvalue weighted by molar-refractivity contribution is 6.21. The molecule has 1 atom stereocenters. The largest absolute Gasteiger partial charge is 0.395 e. The number of aliphatic hydroxyl groups is 1. The minimum Gasteiger partial charge on any atom is -0.395 e. The Morgan fingerprint density at radius 2 is 1.75 bits per heavy atom. The van der Waals surface area contributed by atoms with Crippen molar-refractivity contribution in [3.63, 3.8) is 0 Å². The Morgan fingerprint density at radius 1 is 1.10 bits per heavy atom. The van der Waals surface area contributed by atoms with Crippen molar-refractivity contribution in [3.05, 3.63) is 35.4 Å². The molecule has 1 aromatic carbocycles. The average Bonchev–Trinajstić information content (AvgIpc) is 3.02. The van der Waals surface area contributed by atoms with Crippen molar-refractivity contribution in [3.8, 4) is 0 Å². The van der Waals surface area contributed by atoms with Gasteiger partial charge in [-0.2, -0.15) is 0 Å². The molecule has 2 heterocycles. The van der Waals surface area contributed by atoms with Gasteiger partial charge in [-0.1, -0.05) is 12.1 Å². The molecule has 0 aromatic heterocycles. The van der Waals surface area contributed by atoms with E-state index in [1.807, 2.05) is 0 Å². The zero-order valence-corrected chi connectivity index (χ0v) is 11.3. The summed E-state index contributed by atoms with van der Waals surface area (Å²) in [6.45, 7) is 2.09. The third-order valence-electron chi connectivity index (χ3n) is 4.20. The van der Waals surface area contributed by atoms with Gasteiger partial charge in [0.2, 0.25) is 0 Å². The van der Waals surface area contributed by atoms with Crippen LogP contribution in [-0.2, 0) is 0 Å². The van der Waals surface area contributed by atoms with E-state index >= 15 is 0 Å². The number of carbonyl (C=O) groups is 2. The van der Waals surface area contributed by atoms with Gasteiger partial charge in [0.1, 0.15) is 0 Å². The van der Waals surface area contributed by atoms with Crippen molar-refractivity contribution in [1.82, 2.24) is 9.80 Å². The summed E-state index contributed by atoms with van der Waals surface area (Å²) in [6, 6.07) is 7.11. The summed E-state index contributed by atoms with van der Waals surface area (Å²) < 4.78 is 0. The van der Waals surface area contributed by atoms with Crippen LogP contribution in [0.15, 0.2) is 24.3 Å². The maximum Gasteiger partial charge on any atom is 0.261 e. The average molecular weight is 274 g/mol. The number of carbonyl (C=O) groups excluding carboxylic acids is 2. The van der Waals surface area contributed by atoms with Crippen molar-refractivity contribution < 1.29 is 14.7 Å². The van der Waals surface area contributed by atoms with E-state index in [0.29, 0.717) is 24.2 Å². The van der Waals surface area contributed by atoms with Crippen LogP contribution in [-0.4, -0.2) is 59.0 Å². The van der Waals surface area contributed by atoms with E-state index in [2.05, 4.69) is 4.90 Å². The minimum absolute atomic E-state index is 0.141. The molecule has 0 saturated carbocycles. The number of likely N-dealkylation sites (tertiary alicyclic amines) is 1. The quantitative estimate of drug-likeness (QED) is 0.823. The fourth-order valence-corrected chi connectivity index (χ4v) is 3.07. The molecule has 0 spiro atoms. The summed E-state index contributed by atoms with van der Waals surface area (Å²) >= 11 is 0. The highest BCUT2D eigenvalue weighted by atomic mass is 16.3. The van der Waals surface area contributed by atoms with Crippen LogP contribution in [0.4, 0.5) is 0 Å². The second-order valence-electron chi connectivity index (χ2n) is 5.32. The first-order valence-corrected chi connectivity index (χ1v) is 7.02. The number of hydrogen-bond acceptors (Lipinski definition) is 4. The van der Waals surface area contributed by atoms with E-state index in [1.165, 1.54) is 4.90 Å². The molecular formula is C15H18N2O3. The molecule has 0 radical (unpaired) electrons. The molecule has 3 rings (SSSR count). The molecule has 1 saturated heterocycles. The number of hydrogen-bond donors (Lipinski definition) is 1. The van der Waals surface area contributed by atoms with Crippen LogP contribution in [0.3, 0.4) is 0 Å². The molecule has 0 unspecified atom stereocenters. The molecule has 106 valence electrons. The van der Waals surface area contributed by atoms with Gasteiger partial charge in [0.15, 0.2) is 0 Å². The highest BCUT2D eigenvalue weighted by Gasteiger charge is 2.35. The van der Waals surface area contributed by atoms with Crippen LogP contribution in [0, 0.1) is 0 Å². The Labute approximate surface area is 117 Å². The monoisotopic (exact) mass is 274 g/mol. The van der Waals surface area contributed by atoms with Crippen molar-refractivity contribution in [2.45, 2.75) is 18.9 Å². The summed E-state index contributed by atoms with van der Waals surface area (Å²) in [4.78, 5) is 27.9. The van der Waals surface area contributed by atoms with Gasteiger partial charge in [0.05, 0.1) is 17.7 Å². The van der Waals surface area contributed by atoms with E-state index < -0.39 is 0 Å². The Hall–Kier alpha value is -1.72. The molecule has 20 heavy (non-hydrogen) atoms. The van der Waals surface area contributed by atoms with Crippen LogP contribution in [0.5, 0.6) is 0 Å². The number of imide groups is 1. The molecule has 0 aliphatic carbocycles. The molecular weight excluding hydrogens is 256 g/mol. The molecule has 5 heteroatoms. The molecule has 2 amide bonds. The highest BCUT2D eigenvalue weighted by Crippen LogP contribution is 2.23. The van der Waals surface area contributed by atoms with E-state index in [9.17, 15) is 14.7 Å². The fourth-order valence-electron chi connectivity index (χ4n) is 3.07. The van der Waals surface area contributed by atoms with Gasteiger partial charge in [-0.3, -0.25) is 19.4 Å². The Morgan fingerprint density at radius 3 is 2.35 bits per heavy atom. The lowest BCUT2D eigenvalue weighted by Crippen LogP contribution is -2.41. The van der Waals surface area contributed by atoms with Gasteiger partial charge in [-0.25, -0.2) is 0 Å². The van der Waals surface area contributed by atoms with E-state index in [-0.39, 0.29) is 24.5 Å². The maximum absolute atomic E-state index is 12.2. The van der Waals surface area contributed by atoms with Crippen LogP contribution in [0.1, 0.15) is 33.6 Å². The summed E-state index contributed by atoms with van der Waals surface area (Å²) in [6.07, 6.45) is 2.05. The SMILES string of the molecule is O=C1c2ccccc2C(=O)N1CCN1CCC[C@@H]1CO. The first-order chi connectivity index (χ1) is 9.72. The summed E-state index contributed by atoms with van der Waals surface area (Å²) in [7, 11) is 0. The molecule has 0 bridgehead atoms. The number of amides is 2. The number of benzene rings is 1. The van der Waals surface area contributed by atoms with Crippen LogP contribution in [0.25, 0.3) is 0 Å². The lowest BCUT2D eigenvalue weighted by atomic mass is 10.1. The molecule has 1 N–H and O–H groups in total. The minimum atomic E-state index is -0.203. The number of aliphatic hydroxyl groups excluding tert-OH is 1. The lowest BCUT2D eigenvalue weighted by molar-refractivity contribution is 0.0624. The zero-order chi connectivity index (χ0) is 14.1. The second kappa shape index (κ2) is 5.34. The van der Waals surface area contributed by atoms with Gasteiger partial charge in [0.25, 0.3) is 11.8 Å². The number of rotatable bonds is 4. The van der Waals surface area contributed by atoms with Crippen molar-refractivity contribution in [2.24, 2.45) is 0 Å². The predicted molar refractivity (Wildman–Crippen MR) is 73.5 cm³/mol. The van der Waals surface area contributed by atoms with Gasteiger partial charge >= 0.3 is 0 Å². The Bertz CT molecular complexity index is 509. The number of fused-ring (bicyclic) bond motifs is 1. The third-order valence-corrected chi connectivity index (χ3v) is 4.20. The topological polar surface area (TPSA) is 60.9 Å². The lowest BCUT2D eigenvalue weighted by Gasteiger charge is -2.24. The van der Waals surface area contributed by atoms with Crippen LogP contribution in [0.2, 0.25) is 0 Å². The van der Waals surface area contributed by atoms with E-state index in [4.69, 9.17) is 0 Å². The smallest absolute Gasteiger partial charge is 0.261 e. The standard InChI is InChI=1S/C15H18N2O3/c18-10-11-4-3-7-16(11)8-9-17-14(19)12-5-1-2-6-13(12)15(17)20/h1-2,5-6,11,18H,3-4,7-10H2/t11-/m1/s1. The first-order valence-electron chi connectivity index (χ1n) is 7.02.